The lowest BCUT2D eigenvalue weighted by Gasteiger charge is -2.09. The molecule has 0 saturated carbocycles. The lowest BCUT2D eigenvalue weighted by Crippen LogP contribution is -1.90. The van der Waals surface area contributed by atoms with Crippen molar-refractivity contribution in [3.8, 4) is 33.4 Å². The molecule has 0 bridgehead atoms. The lowest BCUT2D eigenvalue weighted by molar-refractivity contribution is 0.668. The van der Waals surface area contributed by atoms with Crippen LogP contribution < -0.4 is 5.32 Å². The first-order chi connectivity index (χ1) is 29.1. The molecule has 0 spiro atoms. The second kappa shape index (κ2) is 14.4. The first-order valence-corrected chi connectivity index (χ1v) is 20.0. The molecule has 1 N–H and O–H groups in total. The molecular weight excluding hydrogens is 746 g/mol. The third-order valence-corrected chi connectivity index (χ3v) is 11.3. The molecule has 0 amide bonds. The number of anilines is 2. The van der Waals surface area contributed by atoms with Crippen LogP contribution in [0.15, 0.2) is 213 Å². The predicted molar refractivity (Wildman–Crippen MR) is 246 cm³/mol. The lowest BCUT2D eigenvalue weighted by atomic mass is 10.0. The van der Waals surface area contributed by atoms with Crippen molar-refractivity contribution in [3.05, 3.63) is 205 Å². The fourth-order valence-electron chi connectivity index (χ4n) is 8.02. The Hall–Kier alpha value is -7.53. The number of para-hydroxylation sites is 3. The molecule has 12 rings (SSSR count). The van der Waals surface area contributed by atoms with Gasteiger partial charge < -0.3 is 18.6 Å². The van der Waals surface area contributed by atoms with Gasteiger partial charge in [0.2, 0.25) is 0 Å². The summed E-state index contributed by atoms with van der Waals surface area (Å²) in [6, 6.07) is 68.5. The Morgan fingerprint density at radius 3 is 0.915 bits per heavy atom. The molecule has 3 aromatic heterocycles. The minimum absolute atomic E-state index is 0.749. The first-order valence-electron chi connectivity index (χ1n) is 19.6. The van der Waals surface area contributed by atoms with Gasteiger partial charge in [-0.15, -0.1) is 0 Å². The summed E-state index contributed by atoms with van der Waals surface area (Å²) in [6.07, 6.45) is 0. The van der Waals surface area contributed by atoms with Gasteiger partial charge in [0.05, 0.1) is 0 Å². The summed E-state index contributed by atoms with van der Waals surface area (Å²) in [5.41, 5.74) is 14.4. The summed E-state index contributed by atoms with van der Waals surface area (Å²) in [5.74, 6) is 0. The van der Waals surface area contributed by atoms with E-state index in [2.05, 4.69) is 127 Å². The van der Waals surface area contributed by atoms with Crippen LogP contribution >= 0.6 is 11.6 Å². The second-order valence-electron chi connectivity index (χ2n) is 14.7. The van der Waals surface area contributed by atoms with E-state index < -0.39 is 0 Å². The molecule has 12 aromatic rings. The molecule has 0 atom stereocenters. The van der Waals surface area contributed by atoms with E-state index in [-0.39, 0.29) is 0 Å². The van der Waals surface area contributed by atoms with Crippen molar-refractivity contribution in [3.63, 3.8) is 0 Å². The fraction of sp³-hybridized carbons (Fsp3) is 0. The Bertz CT molecular complexity index is 3310. The third kappa shape index (κ3) is 6.56. The van der Waals surface area contributed by atoms with E-state index in [0.29, 0.717) is 0 Å². The Balaban J connectivity index is 0.000000166. The number of furan rings is 3. The second-order valence-corrected chi connectivity index (χ2v) is 15.2. The van der Waals surface area contributed by atoms with Crippen molar-refractivity contribution in [2.75, 3.05) is 5.32 Å². The molecule has 280 valence electrons. The Kier molecular flexibility index (Phi) is 8.49. The zero-order chi connectivity index (χ0) is 39.3. The van der Waals surface area contributed by atoms with Crippen LogP contribution in [0.25, 0.3) is 99.2 Å². The summed E-state index contributed by atoms with van der Waals surface area (Å²) in [4.78, 5) is 0. The highest BCUT2D eigenvalue weighted by molar-refractivity contribution is 6.30. The molecule has 0 saturated heterocycles. The molecule has 4 nitrogen and oxygen atoms in total. The number of benzene rings is 9. The summed E-state index contributed by atoms with van der Waals surface area (Å²) in [6.45, 7) is 0. The topological polar surface area (TPSA) is 51.5 Å². The molecule has 0 fully saturated rings. The highest BCUT2D eigenvalue weighted by Gasteiger charge is 2.11. The molecule has 59 heavy (non-hydrogen) atoms. The quantitative estimate of drug-likeness (QED) is 0.189. The number of hydrogen-bond donors (Lipinski definition) is 1. The van der Waals surface area contributed by atoms with Crippen molar-refractivity contribution >= 4 is 88.8 Å². The Morgan fingerprint density at radius 2 is 0.559 bits per heavy atom. The van der Waals surface area contributed by atoms with Gasteiger partial charge in [-0.2, -0.15) is 0 Å². The summed E-state index contributed by atoms with van der Waals surface area (Å²) in [5, 5.41) is 11.2. The molecule has 9 aromatic carbocycles. The minimum Gasteiger partial charge on any atom is -0.456 e. The van der Waals surface area contributed by atoms with E-state index in [1.807, 2.05) is 78.9 Å². The number of halogens is 1. The fourth-order valence-corrected chi connectivity index (χ4v) is 8.14. The van der Waals surface area contributed by atoms with Crippen LogP contribution in [0.5, 0.6) is 0 Å². The van der Waals surface area contributed by atoms with Crippen LogP contribution in [0, 0.1) is 0 Å². The maximum Gasteiger partial charge on any atom is 0.136 e. The van der Waals surface area contributed by atoms with E-state index >= 15 is 0 Å². The van der Waals surface area contributed by atoms with E-state index in [9.17, 15) is 0 Å². The van der Waals surface area contributed by atoms with Crippen LogP contribution in [0.2, 0.25) is 5.02 Å². The molecule has 5 heteroatoms. The molecule has 0 unspecified atom stereocenters. The standard InChI is InChI=1S/C36H23NO2.C18H11ClO/c1-3-7-33-29(5-1)31-19-13-25(21-35(31)38-33)23-9-15-27(16-10-23)37-28-17-11-24(12-18-28)26-14-20-32-30-6-2-4-8-34(30)39-36(32)22-26;19-14-8-5-12(6-9-14)13-7-10-16-15-3-1-2-4-17(15)20-18(16)11-13/h1-22,37H;1-11H. The van der Waals surface area contributed by atoms with Gasteiger partial charge in [-0.25, -0.2) is 0 Å². The van der Waals surface area contributed by atoms with E-state index in [1.54, 1.807) is 0 Å². The van der Waals surface area contributed by atoms with Crippen molar-refractivity contribution in [1.29, 1.82) is 0 Å². The zero-order valence-corrected chi connectivity index (χ0v) is 32.4. The molecule has 0 aliphatic heterocycles. The van der Waals surface area contributed by atoms with Gasteiger partial charge in [-0.05, 0) is 124 Å². The van der Waals surface area contributed by atoms with Crippen LogP contribution in [0.4, 0.5) is 11.4 Å². The molecule has 0 aliphatic carbocycles. The summed E-state index contributed by atoms with van der Waals surface area (Å²) < 4.78 is 18.1. The largest absolute Gasteiger partial charge is 0.456 e. The van der Waals surface area contributed by atoms with Gasteiger partial charge in [0.1, 0.15) is 33.5 Å². The number of hydrogen-bond acceptors (Lipinski definition) is 4. The van der Waals surface area contributed by atoms with E-state index in [0.717, 1.165) is 116 Å². The van der Waals surface area contributed by atoms with E-state index in [4.69, 9.17) is 24.9 Å². The van der Waals surface area contributed by atoms with Gasteiger partial charge in [-0.3, -0.25) is 0 Å². The first kappa shape index (κ1) is 34.7. The minimum atomic E-state index is 0.749. The van der Waals surface area contributed by atoms with Crippen molar-refractivity contribution < 1.29 is 13.3 Å². The number of fused-ring (bicyclic) bond motifs is 9. The monoisotopic (exact) mass is 779 g/mol. The molecular formula is C54H34ClNO3. The van der Waals surface area contributed by atoms with E-state index in [1.165, 1.54) is 0 Å². The molecule has 0 radical (unpaired) electrons. The number of rotatable bonds is 5. The molecule has 0 aliphatic rings. The molecule has 3 heterocycles. The normalized spacial score (nSPS) is 11.5. The van der Waals surface area contributed by atoms with Crippen LogP contribution in [0.3, 0.4) is 0 Å². The van der Waals surface area contributed by atoms with Crippen molar-refractivity contribution in [2.45, 2.75) is 0 Å². The van der Waals surface area contributed by atoms with Crippen LogP contribution in [0.1, 0.15) is 0 Å². The maximum atomic E-state index is 6.08. The van der Waals surface area contributed by atoms with Gasteiger partial charge >= 0.3 is 0 Å². The van der Waals surface area contributed by atoms with Crippen molar-refractivity contribution in [2.24, 2.45) is 0 Å². The third-order valence-electron chi connectivity index (χ3n) is 11.0. The van der Waals surface area contributed by atoms with Gasteiger partial charge in [-0.1, -0.05) is 121 Å². The van der Waals surface area contributed by atoms with Gasteiger partial charge in [0, 0.05) is 48.7 Å². The summed E-state index contributed by atoms with van der Waals surface area (Å²) in [7, 11) is 0. The van der Waals surface area contributed by atoms with Crippen LogP contribution in [-0.2, 0) is 0 Å². The smallest absolute Gasteiger partial charge is 0.136 e. The van der Waals surface area contributed by atoms with Crippen LogP contribution in [-0.4, -0.2) is 0 Å². The van der Waals surface area contributed by atoms with Crippen molar-refractivity contribution in [1.82, 2.24) is 0 Å². The maximum absolute atomic E-state index is 6.08. The zero-order valence-electron chi connectivity index (χ0n) is 31.7. The van der Waals surface area contributed by atoms with Gasteiger partial charge in [0.25, 0.3) is 0 Å². The average molecular weight is 780 g/mol. The predicted octanol–water partition coefficient (Wildman–Crippen LogP) is 16.5. The SMILES string of the molecule is Clc1ccc(-c2ccc3c(c2)oc2ccccc23)cc1.c1ccc2c(c1)oc1cc(-c3ccc(Nc4ccc(-c5ccc6c(c5)oc5ccccc56)cc4)cc3)ccc12. The highest BCUT2D eigenvalue weighted by Crippen LogP contribution is 2.36. The Morgan fingerprint density at radius 1 is 0.271 bits per heavy atom. The average Bonchev–Trinajstić information content (AvgIpc) is 3.98. The van der Waals surface area contributed by atoms with Gasteiger partial charge in [0.15, 0.2) is 0 Å². The highest BCUT2D eigenvalue weighted by atomic mass is 35.5. The summed E-state index contributed by atoms with van der Waals surface area (Å²) >= 11 is 5.93. The number of nitrogens with one attached hydrogen (secondary N) is 1. The Labute approximate surface area is 344 Å².